The Morgan fingerprint density at radius 3 is 1.60 bits per heavy atom. The van der Waals surface area contributed by atoms with Crippen molar-refractivity contribution in [3.8, 4) is 0 Å². The highest BCUT2D eigenvalue weighted by Gasteiger charge is 2.46. The summed E-state index contributed by atoms with van der Waals surface area (Å²) in [6, 6.07) is 0. The van der Waals surface area contributed by atoms with Crippen molar-refractivity contribution in [2.75, 3.05) is 19.0 Å². The molecule has 0 spiro atoms. The molecule has 6 atom stereocenters. The van der Waals surface area contributed by atoms with E-state index in [0.29, 0.717) is 19.3 Å². The number of allylic oxidation sites excluding steroid dienone is 10. The molecule has 0 amide bonds. The van der Waals surface area contributed by atoms with Gasteiger partial charge in [0.2, 0.25) is 0 Å². The summed E-state index contributed by atoms with van der Waals surface area (Å²) in [5.41, 5.74) is 0. The second kappa shape index (κ2) is 35.1. The summed E-state index contributed by atoms with van der Waals surface area (Å²) in [4.78, 5) is 25.3. The monoisotopic (exact) mass is 841 g/mol. The number of carbonyl (C=O) groups is 2. The summed E-state index contributed by atoms with van der Waals surface area (Å²) in [6.45, 7) is 3.58. The van der Waals surface area contributed by atoms with Crippen molar-refractivity contribution in [1.82, 2.24) is 0 Å². The maximum atomic E-state index is 12.8. The smallest absolute Gasteiger partial charge is 0.306 e. The first-order valence-electron chi connectivity index (χ1n) is 21.8. The molecule has 1 rings (SSSR count). The number of aliphatic hydroxyl groups is 3. The Morgan fingerprint density at radius 2 is 1.09 bits per heavy atom. The van der Waals surface area contributed by atoms with Gasteiger partial charge in [-0.2, -0.15) is 8.42 Å². The molecule has 2 unspecified atom stereocenters. The summed E-state index contributed by atoms with van der Waals surface area (Å²) < 4.78 is 53.9. The molecule has 334 valence electrons. The lowest BCUT2D eigenvalue weighted by Gasteiger charge is -2.40. The molecule has 12 nitrogen and oxygen atoms in total. The molecule has 0 aromatic heterocycles. The Morgan fingerprint density at radius 1 is 0.603 bits per heavy atom. The van der Waals surface area contributed by atoms with Crippen molar-refractivity contribution in [1.29, 1.82) is 0 Å². The van der Waals surface area contributed by atoms with Gasteiger partial charge in [0.05, 0.1) is 6.61 Å². The third kappa shape index (κ3) is 29.5. The predicted octanol–water partition coefficient (Wildman–Crippen LogP) is 8.56. The van der Waals surface area contributed by atoms with E-state index in [9.17, 15) is 37.9 Å². The van der Waals surface area contributed by atoms with Gasteiger partial charge in [-0.3, -0.25) is 14.1 Å². The van der Waals surface area contributed by atoms with Crippen molar-refractivity contribution in [3.05, 3.63) is 60.8 Å². The van der Waals surface area contributed by atoms with Crippen LogP contribution < -0.4 is 0 Å². The van der Waals surface area contributed by atoms with E-state index in [1.54, 1.807) is 0 Å². The average molecular weight is 841 g/mol. The van der Waals surface area contributed by atoms with Crippen LogP contribution in [0.5, 0.6) is 0 Å². The molecular weight excluding hydrogens is 765 g/mol. The van der Waals surface area contributed by atoms with Crippen LogP contribution in [0.15, 0.2) is 60.8 Å². The molecule has 13 heteroatoms. The first kappa shape index (κ1) is 53.4. The molecule has 1 fully saturated rings. The van der Waals surface area contributed by atoms with Crippen LogP contribution in [0.3, 0.4) is 0 Å². The summed E-state index contributed by atoms with van der Waals surface area (Å²) in [5.74, 6) is -2.06. The highest BCUT2D eigenvalue weighted by molar-refractivity contribution is 7.85. The molecule has 1 aliphatic rings. The van der Waals surface area contributed by atoms with Gasteiger partial charge in [0, 0.05) is 12.8 Å². The minimum absolute atomic E-state index is 0.140. The average Bonchev–Trinajstić information content (AvgIpc) is 3.18. The second-order valence-electron chi connectivity index (χ2n) is 15.0. The maximum absolute atomic E-state index is 12.8. The van der Waals surface area contributed by atoms with Crippen molar-refractivity contribution < 1.29 is 56.8 Å². The van der Waals surface area contributed by atoms with Gasteiger partial charge in [-0.1, -0.05) is 152 Å². The molecule has 0 aromatic carbocycles. The maximum Gasteiger partial charge on any atom is 0.306 e. The lowest BCUT2D eigenvalue weighted by Crippen LogP contribution is -2.60. The summed E-state index contributed by atoms with van der Waals surface area (Å²) in [7, 11) is -4.61. The highest BCUT2D eigenvalue weighted by atomic mass is 32.2. The zero-order chi connectivity index (χ0) is 42.7. The van der Waals surface area contributed by atoms with Crippen molar-refractivity contribution >= 4 is 22.1 Å². The fourth-order valence-electron chi connectivity index (χ4n) is 6.24. The molecule has 1 saturated heterocycles. The number of carbonyl (C=O) groups excluding carboxylic acids is 2. The number of rotatable bonds is 35. The molecular formula is C45H76O12S. The molecule has 0 radical (unpaired) electrons. The Balaban J connectivity index is 2.51. The second-order valence-corrected chi connectivity index (χ2v) is 16.5. The van der Waals surface area contributed by atoms with Crippen LogP contribution in [0.25, 0.3) is 0 Å². The molecule has 0 aromatic rings. The van der Waals surface area contributed by atoms with Crippen LogP contribution in [0.1, 0.15) is 155 Å². The van der Waals surface area contributed by atoms with E-state index in [1.807, 2.05) is 12.2 Å². The van der Waals surface area contributed by atoms with Gasteiger partial charge in [0.25, 0.3) is 10.1 Å². The minimum Gasteiger partial charge on any atom is -0.462 e. The lowest BCUT2D eigenvalue weighted by atomic mass is 10.00. The zero-order valence-electron chi connectivity index (χ0n) is 35.4. The first-order chi connectivity index (χ1) is 28.0. The number of esters is 2. The molecule has 4 N–H and O–H groups in total. The van der Waals surface area contributed by atoms with E-state index in [0.717, 1.165) is 51.4 Å². The fraction of sp³-hybridized carbons (Fsp3) is 0.733. The first-order valence-corrected chi connectivity index (χ1v) is 23.5. The summed E-state index contributed by atoms with van der Waals surface area (Å²) in [5, 5.41) is 30.8. The van der Waals surface area contributed by atoms with Crippen molar-refractivity contribution in [2.24, 2.45) is 0 Å². The Kier molecular flexibility index (Phi) is 32.3. The van der Waals surface area contributed by atoms with E-state index in [-0.39, 0.29) is 19.4 Å². The topological polar surface area (TPSA) is 186 Å². The summed E-state index contributed by atoms with van der Waals surface area (Å²) in [6.07, 6.45) is 32.7. The van der Waals surface area contributed by atoms with Gasteiger partial charge in [0.15, 0.2) is 12.4 Å². The van der Waals surface area contributed by atoms with Gasteiger partial charge in [-0.25, -0.2) is 0 Å². The number of aliphatic hydroxyl groups excluding tert-OH is 3. The standard InChI is InChI=1S/C45H76O12S/c1-3-5-7-9-11-13-15-17-18-19-20-22-23-25-27-29-31-33-40(46)54-35-38(36-55-45-44(50)43(49)42(48)39(57-45)37-58(51,52)53)56-41(47)34-32-30-28-26-24-21-16-14-12-10-8-6-4-2/h5,7,11,13,17-18,20,22,25,27,38-39,42-45,48-50H,3-4,6,8-10,12,14-16,19,21,23-24,26,28-37H2,1-2H3,(H,51,52,53)/b7-5+,13-11+,18-17+,22-20+,27-25+/t38-,39-,42-,43?,44?,45+/m1/s1. The van der Waals surface area contributed by atoms with Gasteiger partial charge >= 0.3 is 11.9 Å². The highest BCUT2D eigenvalue weighted by Crippen LogP contribution is 2.24. The quantitative estimate of drug-likeness (QED) is 0.0207. The number of unbranched alkanes of at least 4 members (excludes halogenated alkanes) is 13. The van der Waals surface area contributed by atoms with E-state index >= 15 is 0 Å². The van der Waals surface area contributed by atoms with E-state index in [1.165, 1.54) is 57.8 Å². The van der Waals surface area contributed by atoms with Crippen LogP contribution in [0, 0.1) is 0 Å². The van der Waals surface area contributed by atoms with Crippen LogP contribution in [0.2, 0.25) is 0 Å². The molecule has 0 saturated carbocycles. The normalized spacial score (nSPS) is 21.0. The van der Waals surface area contributed by atoms with Crippen LogP contribution in [-0.4, -0.2) is 96.0 Å². The minimum atomic E-state index is -4.61. The largest absolute Gasteiger partial charge is 0.462 e. The van der Waals surface area contributed by atoms with Crippen LogP contribution >= 0.6 is 0 Å². The van der Waals surface area contributed by atoms with Crippen molar-refractivity contribution in [2.45, 2.75) is 192 Å². The van der Waals surface area contributed by atoms with E-state index in [2.05, 4.69) is 62.5 Å². The molecule has 1 aliphatic heterocycles. The predicted molar refractivity (Wildman–Crippen MR) is 229 cm³/mol. The fourth-order valence-corrected chi connectivity index (χ4v) is 6.93. The van der Waals surface area contributed by atoms with E-state index in [4.69, 9.17) is 18.9 Å². The molecule has 0 bridgehead atoms. The number of hydrogen-bond acceptors (Lipinski definition) is 11. The van der Waals surface area contributed by atoms with Gasteiger partial charge in [-0.15, -0.1) is 0 Å². The Labute approximate surface area is 349 Å². The molecule has 58 heavy (non-hydrogen) atoms. The Hall–Kier alpha value is -2.65. The Bertz CT molecular complexity index is 1310. The zero-order valence-corrected chi connectivity index (χ0v) is 36.2. The third-order valence-corrected chi connectivity index (χ3v) is 10.4. The molecule has 1 heterocycles. The van der Waals surface area contributed by atoms with Gasteiger partial charge in [0.1, 0.15) is 36.8 Å². The van der Waals surface area contributed by atoms with Crippen LogP contribution in [0.4, 0.5) is 0 Å². The SMILES string of the molecule is CC/C=C/C/C=C/C/C=C/C/C=C/C/C=C/CCCC(=O)OC[C@H](CO[C@H]1O[C@H](CS(=O)(=O)O)[C@@H](O)C(O)C1O)OC(=O)CCCCCCCCCCCCCCC. The van der Waals surface area contributed by atoms with Crippen molar-refractivity contribution in [3.63, 3.8) is 0 Å². The number of hydrogen-bond donors (Lipinski definition) is 4. The van der Waals surface area contributed by atoms with E-state index < -0.39 is 71.2 Å². The summed E-state index contributed by atoms with van der Waals surface area (Å²) >= 11 is 0. The lowest BCUT2D eigenvalue weighted by molar-refractivity contribution is -0.297. The van der Waals surface area contributed by atoms with Crippen LogP contribution in [-0.2, 0) is 38.7 Å². The van der Waals surface area contributed by atoms with Gasteiger partial charge in [-0.05, 0) is 51.4 Å². The van der Waals surface area contributed by atoms with Gasteiger partial charge < -0.3 is 34.3 Å². The number of ether oxygens (including phenoxy) is 4. The third-order valence-electron chi connectivity index (χ3n) is 9.61. The molecule has 0 aliphatic carbocycles.